The van der Waals surface area contributed by atoms with Crippen LogP contribution in [0.2, 0.25) is 0 Å². The quantitative estimate of drug-likeness (QED) is 0.438. The molecule has 0 N–H and O–H groups in total. The van der Waals surface area contributed by atoms with Crippen LogP contribution in [-0.4, -0.2) is 63.9 Å². The van der Waals surface area contributed by atoms with Gasteiger partial charge in [0.05, 0.1) is 30.0 Å². The Morgan fingerprint density at radius 3 is 2.83 bits per heavy atom. The summed E-state index contributed by atoms with van der Waals surface area (Å²) < 4.78 is 19.7. The van der Waals surface area contributed by atoms with Crippen LogP contribution in [-0.2, 0) is 4.74 Å². The summed E-state index contributed by atoms with van der Waals surface area (Å²) in [6.45, 7) is 4.28. The van der Waals surface area contributed by atoms with Gasteiger partial charge in [0, 0.05) is 29.0 Å². The molecule has 1 unspecified atom stereocenters. The highest BCUT2D eigenvalue weighted by Crippen LogP contribution is 2.38. The number of ether oxygens (including phenoxy) is 1. The van der Waals surface area contributed by atoms with E-state index >= 15 is 0 Å². The molecule has 2 aliphatic rings. The van der Waals surface area contributed by atoms with Gasteiger partial charge in [0.15, 0.2) is 5.17 Å². The number of hydrogen-bond acceptors (Lipinski definition) is 8. The van der Waals surface area contributed by atoms with Crippen LogP contribution in [0, 0.1) is 5.82 Å². The van der Waals surface area contributed by atoms with Gasteiger partial charge in [0.1, 0.15) is 17.2 Å². The third-order valence-corrected chi connectivity index (χ3v) is 8.72. The summed E-state index contributed by atoms with van der Waals surface area (Å²) in [5.41, 5.74) is 1.94. The summed E-state index contributed by atoms with van der Waals surface area (Å²) in [4.78, 5) is 17.1. The fourth-order valence-corrected chi connectivity index (χ4v) is 6.80. The van der Waals surface area contributed by atoms with E-state index in [1.807, 2.05) is 11.8 Å². The molecule has 0 spiro atoms. The van der Waals surface area contributed by atoms with Gasteiger partial charge in [-0.25, -0.2) is 14.4 Å². The molecule has 0 saturated carbocycles. The first kappa shape index (κ1) is 19.3. The van der Waals surface area contributed by atoms with Crippen LogP contribution in [0.3, 0.4) is 0 Å². The Morgan fingerprint density at radius 1 is 1.17 bits per heavy atom. The average molecular weight is 447 g/mol. The van der Waals surface area contributed by atoms with Crippen LogP contribution in [0.1, 0.15) is 0 Å². The highest BCUT2D eigenvalue weighted by atomic mass is 32.2. The number of aliphatic imine (C=N–C) groups is 1. The number of morpholine rings is 1. The lowest BCUT2D eigenvalue weighted by molar-refractivity contribution is 0.0693. The molecule has 2 aliphatic heterocycles. The van der Waals surface area contributed by atoms with Crippen molar-refractivity contribution in [2.24, 2.45) is 4.99 Å². The van der Waals surface area contributed by atoms with Crippen molar-refractivity contribution >= 4 is 50.2 Å². The minimum absolute atomic E-state index is 0.223. The summed E-state index contributed by atoms with van der Waals surface area (Å²) in [6, 6.07) is 8.65. The molecule has 0 amide bonds. The van der Waals surface area contributed by atoms with E-state index in [0.717, 1.165) is 69.5 Å². The van der Waals surface area contributed by atoms with Gasteiger partial charge in [0.25, 0.3) is 0 Å². The Labute approximate surface area is 180 Å². The molecule has 3 aromatic rings. The lowest BCUT2D eigenvalue weighted by Gasteiger charge is -2.28. The number of halogens is 1. The predicted octanol–water partition coefficient (Wildman–Crippen LogP) is 4.39. The lowest BCUT2D eigenvalue weighted by atomic mass is 10.2. The van der Waals surface area contributed by atoms with E-state index in [-0.39, 0.29) is 5.82 Å². The van der Waals surface area contributed by atoms with Crippen molar-refractivity contribution in [1.29, 1.82) is 0 Å². The van der Waals surface area contributed by atoms with Gasteiger partial charge in [-0.05, 0) is 23.8 Å². The van der Waals surface area contributed by atoms with Crippen molar-refractivity contribution in [2.75, 3.05) is 38.6 Å². The van der Waals surface area contributed by atoms with Crippen LogP contribution < -0.4 is 0 Å². The van der Waals surface area contributed by atoms with Crippen molar-refractivity contribution in [1.82, 2.24) is 14.9 Å². The lowest BCUT2D eigenvalue weighted by Crippen LogP contribution is -2.39. The minimum atomic E-state index is -0.223. The summed E-state index contributed by atoms with van der Waals surface area (Å²) in [6.07, 6.45) is 1.63. The van der Waals surface area contributed by atoms with E-state index in [4.69, 9.17) is 9.73 Å². The molecule has 0 bridgehead atoms. The molecule has 1 aromatic carbocycles. The summed E-state index contributed by atoms with van der Waals surface area (Å²) in [5, 5.41) is 2.62. The van der Waals surface area contributed by atoms with E-state index in [9.17, 15) is 4.39 Å². The van der Waals surface area contributed by atoms with Crippen molar-refractivity contribution in [3.63, 3.8) is 0 Å². The average Bonchev–Trinajstić information content (AvgIpc) is 3.41. The zero-order valence-corrected chi connectivity index (χ0v) is 18.0. The van der Waals surface area contributed by atoms with Crippen molar-refractivity contribution in [3.8, 4) is 10.4 Å². The number of hydrogen-bond donors (Lipinski definition) is 0. The van der Waals surface area contributed by atoms with Crippen LogP contribution in [0.5, 0.6) is 0 Å². The second-order valence-corrected chi connectivity index (χ2v) is 10.1. The van der Waals surface area contributed by atoms with Crippen LogP contribution in [0.4, 0.5) is 4.39 Å². The van der Waals surface area contributed by atoms with Crippen molar-refractivity contribution in [2.45, 2.75) is 10.3 Å². The zero-order valence-electron chi connectivity index (χ0n) is 15.6. The highest BCUT2D eigenvalue weighted by molar-refractivity contribution is 8.15. The number of benzene rings is 1. The number of thioether (sulfide) groups is 2. The third-order valence-electron chi connectivity index (χ3n) is 4.80. The Hall–Kier alpha value is -1.68. The van der Waals surface area contributed by atoms with Crippen molar-refractivity contribution in [3.05, 3.63) is 42.5 Å². The topological polar surface area (TPSA) is 50.6 Å². The normalized spacial score (nSPS) is 19.7. The van der Waals surface area contributed by atoms with Crippen LogP contribution >= 0.6 is 34.9 Å². The van der Waals surface area contributed by atoms with Gasteiger partial charge < -0.3 is 9.64 Å². The molecule has 4 heterocycles. The maximum atomic E-state index is 13.2. The van der Waals surface area contributed by atoms with Crippen LogP contribution in [0.25, 0.3) is 20.7 Å². The molecule has 0 radical (unpaired) electrons. The number of rotatable bonds is 4. The molecule has 1 saturated heterocycles. The summed E-state index contributed by atoms with van der Waals surface area (Å²) >= 11 is 5.30. The van der Waals surface area contributed by atoms with E-state index in [2.05, 4.69) is 20.9 Å². The highest BCUT2D eigenvalue weighted by Gasteiger charge is 2.25. The number of amidine groups is 1. The van der Waals surface area contributed by atoms with Gasteiger partial charge in [-0.15, -0.1) is 23.1 Å². The largest absolute Gasteiger partial charge is 0.378 e. The predicted molar refractivity (Wildman–Crippen MR) is 120 cm³/mol. The SMILES string of the molecule is Fc1ccc(-c2cc3ncnc(SCC4CN=C(N5CCOCC5)S4)c3s2)cc1. The van der Waals surface area contributed by atoms with Gasteiger partial charge in [0.2, 0.25) is 0 Å². The summed E-state index contributed by atoms with van der Waals surface area (Å²) in [5.74, 6) is 0.733. The number of aromatic nitrogens is 2. The molecule has 5 rings (SSSR count). The molecule has 29 heavy (non-hydrogen) atoms. The first-order valence-corrected chi connectivity index (χ1v) is 12.1. The van der Waals surface area contributed by atoms with Gasteiger partial charge >= 0.3 is 0 Å². The second-order valence-electron chi connectivity index (χ2n) is 6.78. The second kappa shape index (κ2) is 8.59. The fraction of sp³-hybridized carbons (Fsp3) is 0.350. The zero-order chi connectivity index (χ0) is 19.6. The maximum Gasteiger partial charge on any atom is 0.159 e. The Balaban J connectivity index is 1.27. The molecule has 1 fully saturated rings. The van der Waals surface area contributed by atoms with E-state index in [1.54, 1.807) is 41.6 Å². The summed E-state index contributed by atoms with van der Waals surface area (Å²) in [7, 11) is 0. The Kier molecular flexibility index (Phi) is 5.72. The molecular weight excluding hydrogens is 427 g/mol. The van der Waals surface area contributed by atoms with Gasteiger partial charge in [-0.1, -0.05) is 23.9 Å². The molecule has 5 nitrogen and oxygen atoms in total. The van der Waals surface area contributed by atoms with E-state index < -0.39 is 0 Å². The fourth-order valence-electron chi connectivity index (χ4n) is 3.28. The molecule has 9 heteroatoms. The monoisotopic (exact) mass is 446 g/mol. The smallest absolute Gasteiger partial charge is 0.159 e. The van der Waals surface area contributed by atoms with E-state index in [1.165, 1.54) is 12.1 Å². The van der Waals surface area contributed by atoms with Gasteiger partial charge in [-0.3, -0.25) is 4.99 Å². The van der Waals surface area contributed by atoms with Crippen molar-refractivity contribution < 1.29 is 9.13 Å². The minimum Gasteiger partial charge on any atom is -0.378 e. The Morgan fingerprint density at radius 2 is 2.00 bits per heavy atom. The first-order chi connectivity index (χ1) is 14.3. The maximum absolute atomic E-state index is 13.2. The van der Waals surface area contributed by atoms with Gasteiger partial charge in [-0.2, -0.15) is 0 Å². The van der Waals surface area contributed by atoms with Crippen LogP contribution in [0.15, 0.2) is 46.7 Å². The number of nitrogens with zero attached hydrogens (tertiary/aromatic N) is 4. The number of thiophene rings is 1. The Bertz CT molecular complexity index is 1030. The molecule has 150 valence electrons. The standard InChI is InChI=1S/C20H19FN4OS3/c21-14-3-1-13(2-4-14)17-9-16-18(29-17)19(24-12-23-16)27-11-15-10-22-20(28-15)25-5-7-26-8-6-25/h1-4,9,12,15H,5-8,10-11H2. The molecular formula is C20H19FN4OS3. The molecule has 0 aliphatic carbocycles. The third kappa shape index (κ3) is 4.28. The first-order valence-electron chi connectivity index (χ1n) is 9.43. The molecule has 1 atom stereocenters. The molecule has 2 aromatic heterocycles. The van der Waals surface area contributed by atoms with E-state index in [0.29, 0.717) is 5.25 Å². The number of fused-ring (bicyclic) bond motifs is 1.